The Labute approximate surface area is 33.5 Å². The Kier molecular flexibility index (Phi) is 22.0. The summed E-state index contributed by atoms with van der Waals surface area (Å²) in [6.07, 6.45) is 4.08. The first kappa shape index (κ1) is 8.83. The van der Waals surface area contributed by atoms with E-state index in [2.05, 4.69) is 0 Å². The maximum absolute atomic E-state index is 2.04. The highest BCUT2D eigenvalue weighted by atomic mass is 32.2. The Hall–Kier alpha value is 0.415. The first-order chi connectivity index (χ1) is 1.41. The SMILES string of the molecule is CSC.[B]. The van der Waals surface area contributed by atoms with Crippen molar-refractivity contribution >= 4 is 20.2 Å². The predicted octanol–water partition coefficient (Wildman–Crippen LogP) is 0.598. The van der Waals surface area contributed by atoms with Gasteiger partial charge in [-0.15, -0.1) is 0 Å². The monoisotopic (exact) mass is 73.0 g/mol. The van der Waals surface area contributed by atoms with Gasteiger partial charge in [-0.3, -0.25) is 0 Å². The zero-order valence-corrected chi connectivity index (χ0v) is 3.80. The quantitative estimate of drug-likeness (QED) is 0.378. The van der Waals surface area contributed by atoms with Crippen molar-refractivity contribution in [2.24, 2.45) is 0 Å². The Balaban J connectivity index is 0. The highest BCUT2D eigenvalue weighted by Gasteiger charge is 1.32. The van der Waals surface area contributed by atoms with Gasteiger partial charge >= 0.3 is 0 Å². The van der Waals surface area contributed by atoms with Crippen LogP contribution in [0.25, 0.3) is 0 Å². The summed E-state index contributed by atoms with van der Waals surface area (Å²) in [5.74, 6) is 0. The molecule has 0 saturated carbocycles. The van der Waals surface area contributed by atoms with Crippen LogP contribution in [0.2, 0.25) is 0 Å². The third-order valence-electron chi connectivity index (χ3n) is 0. The van der Waals surface area contributed by atoms with E-state index in [4.69, 9.17) is 0 Å². The van der Waals surface area contributed by atoms with E-state index >= 15 is 0 Å². The highest BCUT2D eigenvalue weighted by Crippen LogP contribution is 1.70. The topological polar surface area (TPSA) is 0 Å². The van der Waals surface area contributed by atoms with Crippen molar-refractivity contribution in [1.29, 1.82) is 0 Å². The molecule has 0 N–H and O–H groups in total. The van der Waals surface area contributed by atoms with Crippen molar-refractivity contribution in [3.8, 4) is 0 Å². The standard InChI is InChI=1S/C2H6S.B/c1-3-2;/h1-2H3;. The van der Waals surface area contributed by atoms with Gasteiger partial charge in [0.05, 0.1) is 0 Å². The van der Waals surface area contributed by atoms with Crippen LogP contribution in [-0.4, -0.2) is 20.9 Å². The number of hydrogen-bond acceptors (Lipinski definition) is 1. The Bertz CT molecular complexity index is 6.00. The van der Waals surface area contributed by atoms with Gasteiger partial charge in [0.2, 0.25) is 0 Å². The molecule has 0 spiro atoms. The smallest absolute Gasteiger partial charge is 0 e. The van der Waals surface area contributed by atoms with E-state index in [0.717, 1.165) is 0 Å². The Morgan fingerprint density at radius 1 is 1.25 bits per heavy atom. The lowest BCUT2D eigenvalue weighted by atomic mass is 10.8. The normalized spacial score (nSPS) is 4.50. The van der Waals surface area contributed by atoms with Crippen LogP contribution in [0.3, 0.4) is 0 Å². The molecule has 0 bridgehead atoms. The fourth-order valence-electron chi connectivity index (χ4n) is 0. The fraction of sp³-hybridized carbons (Fsp3) is 1.00. The largest absolute Gasteiger partial charge is 0.169 e. The molecule has 0 nitrogen and oxygen atoms in total. The van der Waals surface area contributed by atoms with Gasteiger partial charge in [-0.1, -0.05) is 0 Å². The predicted molar refractivity (Wildman–Crippen MR) is 25.2 cm³/mol. The minimum absolute atomic E-state index is 0. The lowest BCUT2D eigenvalue weighted by molar-refractivity contribution is 2.37. The van der Waals surface area contributed by atoms with Crippen molar-refractivity contribution in [3.05, 3.63) is 0 Å². The molecular weight excluding hydrogens is 66.9 g/mol. The molecule has 0 atom stereocenters. The van der Waals surface area contributed by atoms with Crippen LogP contribution < -0.4 is 0 Å². The van der Waals surface area contributed by atoms with Crippen LogP contribution in [0.1, 0.15) is 0 Å². The van der Waals surface area contributed by atoms with Crippen molar-refractivity contribution in [3.63, 3.8) is 0 Å². The van der Waals surface area contributed by atoms with Crippen molar-refractivity contribution in [1.82, 2.24) is 0 Å². The average molecular weight is 72.9 g/mol. The van der Waals surface area contributed by atoms with Gasteiger partial charge in [-0.05, 0) is 12.5 Å². The van der Waals surface area contributed by atoms with Gasteiger partial charge in [0.25, 0.3) is 0 Å². The van der Waals surface area contributed by atoms with Gasteiger partial charge in [0.1, 0.15) is 0 Å². The number of hydrogen-bond donors (Lipinski definition) is 0. The van der Waals surface area contributed by atoms with Crippen LogP contribution in [-0.2, 0) is 0 Å². The zero-order valence-electron chi connectivity index (χ0n) is 2.99. The summed E-state index contributed by atoms with van der Waals surface area (Å²) in [4.78, 5) is 0. The van der Waals surface area contributed by atoms with Crippen molar-refractivity contribution in [2.75, 3.05) is 12.5 Å². The second-order valence-corrected chi connectivity index (χ2v) is 1.22. The van der Waals surface area contributed by atoms with Gasteiger partial charge in [0, 0.05) is 8.41 Å². The Morgan fingerprint density at radius 3 is 1.25 bits per heavy atom. The van der Waals surface area contributed by atoms with E-state index in [9.17, 15) is 0 Å². The second-order valence-electron chi connectivity index (χ2n) is 0.408. The van der Waals surface area contributed by atoms with Crippen molar-refractivity contribution in [2.45, 2.75) is 0 Å². The van der Waals surface area contributed by atoms with Crippen LogP contribution in [0, 0.1) is 0 Å². The molecule has 3 radical (unpaired) electrons. The third kappa shape index (κ3) is 28.1. The molecule has 0 rings (SSSR count). The van der Waals surface area contributed by atoms with Crippen LogP contribution in [0.15, 0.2) is 0 Å². The van der Waals surface area contributed by atoms with Gasteiger partial charge in [-0.25, -0.2) is 0 Å². The summed E-state index contributed by atoms with van der Waals surface area (Å²) >= 11 is 1.75. The first-order valence-corrected chi connectivity index (χ1v) is 2.45. The molecule has 23 valence electrons. The summed E-state index contributed by atoms with van der Waals surface area (Å²) in [5, 5.41) is 0. The van der Waals surface area contributed by atoms with Gasteiger partial charge < -0.3 is 0 Å². The van der Waals surface area contributed by atoms with E-state index in [1.54, 1.807) is 11.8 Å². The Morgan fingerprint density at radius 2 is 1.25 bits per heavy atom. The molecule has 0 aliphatic heterocycles. The molecule has 0 aromatic rings. The molecule has 0 amide bonds. The molecule has 0 aromatic carbocycles. The lowest BCUT2D eigenvalue weighted by Crippen LogP contribution is -1.25. The second kappa shape index (κ2) is 9.95. The van der Waals surface area contributed by atoms with E-state index in [0.29, 0.717) is 0 Å². The molecule has 0 aromatic heterocycles. The lowest BCUT2D eigenvalue weighted by Gasteiger charge is -1.51. The molecule has 2 heteroatoms. The van der Waals surface area contributed by atoms with Gasteiger partial charge in [0.15, 0.2) is 0 Å². The molecule has 0 unspecified atom stereocenters. The molecule has 0 fully saturated rings. The molecular formula is C2H6BS. The summed E-state index contributed by atoms with van der Waals surface area (Å²) < 4.78 is 0. The number of rotatable bonds is 0. The summed E-state index contributed by atoms with van der Waals surface area (Å²) in [6, 6.07) is 0. The summed E-state index contributed by atoms with van der Waals surface area (Å²) in [6.45, 7) is 0. The average Bonchev–Trinajstić information content (AvgIpc) is 0.918. The maximum atomic E-state index is 2.04. The minimum Gasteiger partial charge on any atom is -0.169 e. The van der Waals surface area contributed by atoms with E-state index < -0.39 is 0 Å². The van der Waals surface area contributed by atoms with Crippen molar-refractivity contribution < 1.29 is 0 Å². The van der Waals surface area contributed by atoms with E-state index in [1.165, 1.54) is 0 Å². The highest BCUT2D eigenvalue weighted by molar-refractivity contribution is 7.97. The van der Waals surface area contributed by atoms with Crippen LogP contribution in [0.4, 0.5) is 0 Å². The molecule has 0 heterocycles. The minimum atomic E-state index is 0. The molecule has 0 aliphatic rings. The first-order valence-electron chi connectivity index (χ1n) is 0.816. The summed E-state index contributed by atoms with van der Waals surface area (Å²) in [7, 11) is 0. The molecule has 0 aliphatic carbocycles. The van der Waals surface area contributed by atoms with Crippen LogP contribution in [0.5, 0.6) is 0 Å². The van der Waals surface area contributed by atoms with Crippen LogP contribution >= 0.6 is 11.8 Å². The van der Waals surface area contributed by atoms with Gasteiger partial charge in [-0.2, -0.15) is 11.8 Å². The zero-order chi connectivity index (χ0) is 2.71. The molecule has 0 saturated heterocycles. The number of thioether (sulfide) groups is 1. The van der Waals surface area contributed by atoms with E-state index in [1.807, 2.05) is 12.5 Å². The molecule has 4 heavy (non-hydrogen) atoms. The maximum Gasteiger partial charge on any atom is 0 e. The van der Waals surface area contributed by atoms with E-state index in [-0.39, 0.29) is 8.41 Å². The summed E-state index contributed by atoms with van der Waals surface area (Å²) in [5.41, 5.74) is 0. The third-order valence-corrected chi connectivity index (χ3v) is 0. The fourth-order valence-corrected chi connectivity index (χ4v) is 0.